The molecule has 0 spiro atoms. The summed E-state index contributed by atoms with van der Waals surface area (Å²) in [6, 6.07) is 15.3. The van der Waals surface area contributed by atoms with E-state index >= 15 is 0 Å². The number of hydrogen-bond acceptors (Lipinski definition) is 6. The Morgan fingerprint density at radius 1 is 0.765 bits per heavy atom. The van der Waals surface area contributed by atoms with Crippen LogP contribution in [0.25, 0.3) is 11.1 Å². The van der Waals surface area contributed by atoms with Crippen molar-refractivity contribution in [2.75, 3.05) is 13.2 Å². The van der Waals surface area contributed by atoms with Gasteiger partial charge in [-0.3, -0.25) is 0 Å². The predicted octanol–water partition coefficient (Wildman–Crippen LogP) is -2.77. The van der Waals surface area contributed by atoms with E-state index in [-0.39, 0.29) is 103 Å². The summed E-state index contributed by atoms with van der Waals surface area (Å²) in [5, 5.41) is 22.3. The van der Waals surface area contributed by atoms with Gasteiger partial charge in [0.1, 0.15) is 11.5 Å². The minimum absolute atomic E-state index is 0. The standard InChI is InChI=1S/C26H34O6.2K/c1-25(2,23(27)28)14-8-16-31-20-12-13-22(21(18-20)19-10-6-5-7-11-19)32-17-9-15-26(3,4)24(29)30;;/h5-7,10-13,18H,8-9,14-17H2,1-4H3,(H,27,28)(H,29,30);;/q;2*+1/p-2. The summed E-state index contributed by atoms with van der Waals surface area (Å²) in [6.45, 7) is 7.38. The molecule has 0 radical (unpaired) electrons. The van der Waals surface area contributed by atoms with Gasteiger partial charge in [0.25, 0.3) is 0 Å². The summed E-state index contributed by atoms with van der Waals surface area (Å²) >= 11 is 0. The maximum absolute atomic E-state index is 11.2. The normalized spacial score (nSPS) is 11.1. The molecule has 0 bridgehead atoms. The zero-order chi connectivity index (χ0) is 23.8. The third-order valence-corrected chi connectivity index (χ3v) is 5.56. The van der Waals surface area contributed by atoms with E-state index in [1.807, 2.05) is 48.5 Å². The van der Waals surface area contributed by atoms with Crippen molar-refractivity contribution < 1.29 is 132 Å². The Morgan fingerprint density at radius 2 is 1.26 bits per heavy atom. The number of hydrogen-bond donors (Lipinski definition) is 0. The molecule has 0 aromatic heterocycles. The zero-order valence-corrected chi connectivity index (χ0v) is 27.6. The van der Waals surface area contributed by atoms with Gasteiger partial charge in [0.2, 0.25) is 0 Å². The molecule has 0 N–H and O–H groups in total. The maximum Gasteiger partial charge on any atom is 1.00 e. The van der Waals surface area contributed by atoms with Crippen molar-refractivity contribution in [1.29, 1.82) is 0 Å². The molecule has 0 saturated carbocycles. The van der Waals surface area contributed by atoms with Gasteiger partial charge in [-0.05, 0) is 49.4 Å². The van der Waals surface area contributed by atoms with E-state index in [0.717, 1.165) is 11.1 Å². The monoisotopic (exact) mass is 518 g/mol. The van der Waals surface area contributed by atoms with Crippen LogP contribution in [0.4, 0.5) is 0 Å². The summed E-state index contributed by atoms with van der Waals surface area (Å²) in [4.78, 5) is 22.3. The predicted molar refractivity (Wildman–Crippen MR) is 119 cm³/mol. The molecule has 2 aromatic rings. The molecular weight excluding hydrogens is 486 g/mol. The first-order valence-corrected chi connectivity index (χ1v) is 10.9. The van der Waals surface area contributed by atoms with Crippen LogP contribution >= 0.6 is 0 Å². The van der Waals surface area contributed by atoms with Crippen LogP contribution in [-0.4, -0.2) is 25.2 Å². The molecule has 0 aliphatic rings. The Kier molecular flexibility index (Phi) is 16.3. The molecule has 34 heavy (non-hydrogen) atoms. The molecule has 2 aromatic carbocycles. The van der Waals surface area contributed by atoms with Crippen LogP contribution in [-0.2, 0) is 9.59 Å². The fourth-order valence-electron chi connectivity index (χ4n) is 3.17. The topological polar surface area (TPSA) is 98.7 Å². The average molecular weight is 519 g/mol. The number of ether oxygens (including phenoxy) is 2. The van der Waals surface area contributed by atoms with Crippen LogP contribution in [0.1, 0.15) is 53.4 Å². The molecule has 174 valence electrons. The van der Waals surface area contributed by atoms with E-state index < -0.39 is 22.8 Å². The number of carboxylic acid groups (broad SMARTS) is 2. The zero-order valence-electron chi connectivity index (χ0n) is 21.3. The number of rotatable bonds is 13. The molecule has 0 atom stereocenters. The van der Waals surface area contributed by atoms with Crippen LogP contribution in [0.15, 0.2) is 48.5 Å². The molecular formula is C26H32K2O6. The van der Waals surface area contributed by atoms with Crippen molar-refractivity contribution in [3.05, 3.63) is 48.5 Å². The number of carbonyl (C=O) groups excluding carboxylic acids is 2. The summed E-state index contributed by atoms with van der Waals surface area (Å²) in [7, 11) is 0. The molecule has 0 fully saturated rings. The number of aliphatic carboxylic acids is 2. The SMILES string of the molecule is CC(C)(CCCOc1ccc(OCCCC(C)(C)C(=O)[O-])c(-c2ccccc2)c1)C(=O)[O-].[K+].[K+]. The van der Waals surface area contributed by atoms with Crippen molar-refractivity contribution >= 4 is 11.9 Å². The first-order chi connectivity index (χ1) is 15.0. The average Bonchev–Trinajstić information content (AvgIpc) is 2.75. The van der Waals surface area contributed by atoms with Gasteiger partial charge < -0.3 is 29.3 Å². The molecule has 0 unspecified atom stereocenters. The van der Waals surface area contributed by atoms with E-state index in [2.05, 4.69) is 0 Å². The molecule has 0 heterocycles. The largest absolute Gasteiger partial charge is 1.00 e. The molecule has 0 aliphatic heterocycles. The molecule has 2 rings (SSSR count). The minimum atomic E-state index is -1.06. The number of carboxylic acids is 2. The smallest absolute Gasteiger partial charge is 0.550 e. The second kappa shape index (κ2) is 16.2. The van der Waals surface area contributed by atoms with Crippen molar-refractivity contribution in [2.45, 2.75) is 53.4 Å². The Labute approximate surface area is 288 Å². The van der Waals surface area contributed by atoms with Crippen molar-refractivity contribution in [2.24, 2.45) is 10.8 Å². The Morgan fingerprint density at radius 3 is 1.76 bits per heavy atom. The molecule has 0 aliphatic carbocycles. The van der Waals surface area contributed by atoms with Crippen LogP contribution in [0.2, 0.25) is 0 Å². The van der Waals surface area contributed by atoms with Crippen molar-refractivity contribution in [1.82, 2.24) is 0 Å². The second-order valence-electron chi connectivity index (χ2n) is 9.27. The van der Waals surface area contributed by atoms with Crippen LogP contribution in [0.5, 0.6) is 11.5 Å². The quantitative estimate of drug-likeness (QED) is 0.210. The van der Waals surface area contributed by atoms with Crippen LogP contribution in [0, 0.1) is 10.8 Å². The van der Waals surface area contributed by atoms with E-state index in [9.17, 15) is 19.8 Å². The Bertz CT molecular complexity index is 913. The van der Waals surface area contributed by atoms with Gasteiger partial charge in [-0.25, -0.2) is 0 Å². The fraction of sp³-hybridized carbons (Fsp3) is 0.462. The fourth-order valence-corrected chi connectivity index (χ4v) is 3.17. The minimum Gasteiger partial charge on any atom is -0.550 e. The number of benzene rings is 2. The summed E-state index contributed by atoms with van der Waals surface area (Å²) in [6.07, 6.45) is 2.10. The van der Waals surface area contributed by atoms with E-state index in [1.54, 1.807) is 27.7 Å². The Balaban J connectivity index is 0.00000544. The second-order valence-corrected chi connectivity index (χ2v) is 9.27. The summed E-state index contributed by atoms with van der Waals surface area (Å²) in [5.41, 5.74) is 0.0641. The van der Waals surface area contributed by atoms with Gasteiger partial charge in [-0.2, -0.15) is 0 Å². The van der Waals surface area contributed by atoms with Gasteiger partial charge in [0.15, 0.2) is 0 Å². The van der Waals surface area contributed by atoms with Gasteiger partial charge in [-0.1, -0.05) is 58.0 Å². The Hall–Kier alpha value is 0.253. The maximum atomic E-state index is 11.2. The molecule has 0 amide bonds. The third kappa shape index (κ3) is 11.1. The summed E-state index contributed by atoms with van der Waals surface area (Å²) in [5.74, 6) is -0.770. The van der Waals surface area contributed by atoms with Gasteiger partial charge >= 0.3 is 103 Å². The summed E-state index contributed by atoms with van der Waals surface area (Å²) < 4.78 is 11.8. The van der Waals surface area contributed by atoms with Gasteiger partial charge in [0.05, 0.1) is 13.2 Å². The van der Waals surface area contributed by atoms with E-state index in [1.165, 1.54) is 0 Å². The van der Waals surface area contributed by atoms with E-state index in [0.29, 0.717) is 50.4 Å². The molecule has 0 saturated heterocycles. The van der Waals surface area contributed by atoms with Gasteiger partial charge in [0, 0.05) is 28.3 Å². The third-order valence-electron chi connectivity index (χ3n) is 5.56. The first kappa shape index (κ1) is 34.3. The van der Waals surface area contributed by atoms with Gasteiger partial charge in [-0.15, -0.1) is 0 Å². The van der Waals surface area contributed by atoms with Crippen molar-refractivity contribution in [3.63, 3.8) is 0 Å². The van der Waals surface area contributed by atoms with Crippen LogP contribution < -0.4 is 122 Å². The molecule has 8 heteroatoms. The van der Waals surface area contributed by atoms with Crippen LogP contribution in [0.3, 0.4) is 0 Å². The number of carbonyl (C=O) groups is 2. The van der Waals surface area contributed by atoms with E-state index in [4.69, 9.17) is 9.47 Å². The molecule has 6 nitrogen and oxygen atoms in total. The van der Waals surface area contributed by atoms with Crippen molar-refractivity contribution in [3.8, 4) is 22.6 Å². The first-order valence-electron chi connectivity index (χ1n) is 10.9.